The highest BCUT2D eigenvalue weighted by molar-refractivity contribution is 6.30. The Balaban J connectivity index is 1.59. The maximum Gasteiger partial charge on any atom is 0.325 e. The highest BCUT2D eigenvalue weighted by Crippen LogP contribution is 2.28. The van der Waals surface area contributed by atoms with Crippen molar-refractivity contribution in [2.75, 3.05) is 26.2 Å². The van der Waals surface area contributed by atoms with Gasteiger partial charge in [0.05, 0.1) is 0 Å². The predicted octanol–water partition coefficient (Wildman–Crippen LogP) is 1.21. The number of likely N-dealkylation sites (tertiary alicyclic amines) is 1. The third-order valence-corrected chi connectivity index (χ3v) is 4.29. The molecule has 1 atom stereocenters. The Hall–Kier alpha value is -2.08. The van der Waals surface area contributed by atoms with E-state index >= 15 is 0 Å². The number of urea groups is 1. The lowest BCUT2D eigenvalue weighted by molar-refractivity contribution is -0.130. The number of carbonyl (C=O) groups excluding carboxylic acids is 3. The molecule has 1 aromatic carbocycles. The zero-order chi connectivity index (χ0) is 15.7. The summed E-state index contributed by atoms with van der Waals surface area (Å²) in [6.07, 6.45) is 0.872. The van der Waals surface area contributed by atoms with E-state index in [0.29, 0.717) is 18.1 Å². The number of imide groups is 1. The SMILES string of the molecule is O=C1CN(CC(=O)N2CC[C@@H](c3cccc(Cl)c3)C2)C(=O)N1. The van der Waals surface area contributed by atoms with Gasteiger partial charge in [-0.1, -0.05) is 23.7 Å². The zero-order valence-corrected chi connectivity index (χ0v) is 12.7. The first kappa shape index (κ1) is 14.8. The van der Waals surface area contributed by atoms with Crippen molar-refractivity contribution in [1.29, 1.82) is 0 Å². The first-order valence-electron chi connectivity index (χ1n) is 7.15. The number of nitrogens with zero attached hydrogens (tertiary/aromatic N) is 2. The second kappa shape index (κ2) is 5.96. The van der Waals surface area contributed by atoms with Crippen LogP contribution in [0.3, 0.4) is 0 Å². The van der Waals surface area contributed by atoms with Gasteiger partial charge < -0.3 is 9.80 Å². The van der Waals surface area contributed by atoms with E-state index in [-0.39, 0.29) is 30.8 Å². The lowest BCUT2D eigenvalue weighted by Gasteiger charge is -2.20. The van der Waals surface area contributed by atoms with E-state index in [0.717, 1.165) is 12.0 Å². The molecule has 2 heterocycles. The van der Waals surface area contributed by atoms with Crippen LogP contribution in [0, 0.1) is 0 Å². The highest BCUT2D eigenvalue weighted by Gasteiger charge is 2.32. The summed E-state index contributed by atoms with van der Waals surface area (Å²) in [6.45, 7) is 1.16. The van der Waals surface area contributed by atoms with E-state index in [9.17, 15) is 14.4 Å². The molecule has 2 aliphatic rings. The molecule has 2 fully saturated rings. The molecule has 0 spiro atoms. The van der Waals surface area contributed by atoms with Crippen LogP contribution >= 0.6 is 11.6 Å². The predicted molar refractivity (Wildman–Crippen MR) is 80.5 cm³/mol. The Morgan fingerprint density at radius 1 is 1.36 bits per heavy atom. The van der Waals surface area contributed by atoms with E-state index in [2.05, 4.69) is 5.32 Å². The third kappa shape index (κ3) is 3.06. The van der Waals surface area contributed by atoms with Crippen molar-refractivity contribution in [1.82, 2.24) is 15.1 Å². The number of halogens is 1. The Morgan fingerprint density at radius 2 is 2.18 bits per heavy atom. The van der Waals surface area contributed by atoms with Crippen molar-refractivity contribution in [3.05, 3.63) is 34.9 Å². The number of benzene rings is 1. The van der Waals surface area contributed by atoms with E-state index < -0.39 is 6.03 Å². The summed E-state index contributed by atoms with van der Waals surface area (Å²) in [4.78, 5) is 37.8. The fraction of sp³-hybridized carbons (Fsp3) is 0.400. The largest absolute Gasteiger partial charge is 0.341 e. The smallest absolute Gasteiger partial charge is 0.325 e. The topological polar surface area (TPSA) is 69.7 Å². The van der Waals surface area contributed by atoms with Gasteiger partial charge in [0.1, 0.15) is 13.1 Å². The Bertz CT molecular complexity index is 634. The van der Waals surface area contributed by atoms with Crippen LogP contribution in [-0.4, -0.2) is 53.8 Å². The van der Waals surface area contributed by atoms with Crippen LogP contribution in [0.1, 0.15) is 17.9 Å². The molecule has 0 unspecified atom stereocenters. The Labute approximate surface area is 133 Å². The van der Waals surface area contributed by atoms with Crippen molar-refractivity contribution in [3.63, 3.8) is 0 Å². The molecule has 2 saturated heterocycles. The maximum absolute atomic E-state index is 12.3. The van der Waals surface area contributed by atoms with Crippen LogP contribution in [-0.2, 0) is 9.59 Å². The number of rotatable bonds is 3. The molecule has 0 aromatic heterocycles. The first-order chi connectivity index (χ1) is 10.5. The average molecular weight is 322 g/mol. The summed E-state index contributed by atoms with van der Waals surface area (Å²) in [5.41, 5.74) is 1.12. The molecule has 3 rings (SSSR count). The van der Waals surface area contributed by atoms with Crippen LogP contribution in [0.15, 0.2) is 24.3 Å². The second-order valence-electron chi connectivity index (χ2n) is 5.59. The minimum Gasteiger partial charge on any atom is -0.341 e. The lowest BCUT2D eigenvalue weighted by Crippen LogP contribution is -2.40. The van der Waals surface area contributed by atoms with E-state index in [1.807, 2.05) is 24.3 Å². The van der Waals surface area contributed by atoms with Gasteiger partial charge in [0.2, 0.25) is 11.8 Å². The minimum atomic E-state index is -0.496. The molecule has 0 saturated carbocycles. The van der Waals surface area contributed by atoms with Gasteiger partial charge in [0, 0.05) is 24.0 Å². The van der Waals surface area contributed by atoms with Crippen LogP contribution in [0.25, 0.3) is 0 Å². The van der Waals surface area contributed by atoms with Gasteiger partial charge in [-0.2, -0.15) is 0 Å². The quantitative estimate of drug-likeness (QED) is 0.851. The Morgan fingerprint density at radius 3 is 2.86 bits per heavy atom. The summed E-state index contributed by atoms with van der Waals surface area (Å²) in [5, 5.41) is 2.86. The van der Waals surface area contributed by atoms with Crippen molar-refractivity contribution >= 4 is 29.4 Å². The van der Waals surface area contributed by atoms with E-state index in [4.69, 9.17) is 11.6 Å². The molecule has 4 amide bonds. The number of hydrogen-bond acceptors (Lipinski definition) is 3. The number of amides is 4. The van der Waals surface area contributed by atoms with E-state index in [1.54, 1.807) is 4.90 Å². The van der Waals surface area contributed by atoms with Crippen molar-refractivity contribution < 1.29 is 14.4 Å². The van der Waals surface area contributed by atoms with E-state index in [1.165, 1.54) is 4.90 Å². The standard InChI is InChI=1S/C15H16ClN3O3/c16-12-3-1-2-10(6-12)11-4-5-18(7-11)14(21)9-19-8-13(20)17-15(19)22/h1-3,6,11H,4-5,7-9H2,(H,17,20,22)/t11-/m1/s1. The molecule has 1 N–H and O–H groups in total. The van der Waals surface area contributed by atoms with Gasteiger partial charge in [0.15, 0.2) is 0 Å². The summed E-state index contributed by atoms with van der Waals surface area (Å²) in [6, 6.07) is 7.17. The van der Waals surface area contributed by atoms with Gasteiger partial charge in [-0.05, 0) is 24.1 Å². The number of carbonyl (C=O) groups is 3. The number of hydrogen-bond donors (Lipinski definition) is 1. The van der Waals surface area contributed by atoms with Crippen molar-refractivity contribution in [2.24, 2.45) is 0 Å². The summed E-state index contributed by atoms with van der Waals surface area (Å²) >= 11 is 6.00. The molecule has 2 aliphatic heterocycles. The fourth-order valence-electron chi connectivity index (χ4n) is 2.89. The highest BCUT2D eigenvalue weighted by atomic mass is 35.5. The van der Waals surface area contributed by atoms with Crippen molar-refractivity contribution in [2.45, 2.75) is 12.3 Å². The molecule has 22 heavy (non-hydrogen) atoms. The molecule has 1 aromatic rings. The fourth-order valence-corrected chi connectivity index (χ4v) is 3.09. The molecule has 116 valence electrons. The molecule has 0 radical (unpaired) electrons. The van der Waals surface area contributed by atoms with Gasteiger partial charge in [-0.25, -0.2) is 4.79 Å². The monoisotopic (exact) mass is 321 g/mol. The molecular formula is C15H16ClN3O3. The van der Waals surface area contributed by atoms with Crippen LogP contribution in [0.5, 0.6) is 0 Å². The normalized spacial score (nSPS) is 21.4. The lowest BCUT2D eigenvalue weighted by atomic mass is 9.99. The first-order valence-corrected chi connectivity index (χ1v) is 7.53. The van der Waals surface area contributed by atoms with Crippen molar-refractivity contribution in [3.8, 4) is 0 Å². The van der Waals surface area contributed by atoms with Gasteiger partial charge >= 0.3 is 6.03 Å². The Kier molecular flexibility index (Phi) is 4.02. The van der Waals surface area contributed by atoms with Crippen LogP contribution in [0.2, 0.25) is 5.02 Å². The molecule has 0 aliphatic carbocycles. The zero-order valence-electron chi connectivity index (χ0n) is 11.9. The van der Waals surface area contributed by atoms with Gasteiger partial charge in [-0.3, -0.25) is 14.9 Å². The average Bonchev–Trinajstić information content (AvgIpc) is 3.06. The van der Waals surface area contributed by atoms with Gasteiger partial charge in [0.25, 0.3) is 0 Å². The summed E-state index contributed by atoms with van der Waals surface area (Å²) in [7, 11) is 0. The molecule has 6 nitrogen and oxygen atoms in total. The molecule has 7 heteroatoms. The number of nitrogens with one attached hydrogen (secondary N) is 1. The second-order valence-corrected chi connectivity index (χ2v) is 6.03. The van der Waals surface area contributed by atoms with Crippen LogP contribution < -0.4 is 5.32 Å². The third-order valence-electron chi connectivity index (χ3n) is 4.06. The van der Waals surface area contributed by atoms with Gasteiger partial charge in [-0.15, -0.1) is 0 Å². The molecule has 0 bridgehead atoms. The summed E-state index contributed by atoms with van der Waals surface area (Å²) in [5.74, 6) is -0.234. The summed E-state index contributed by atoms with van der Waals surface area (Å²) < 4.78 is 0. The molecular weight excluding hydrogens is 306 g/mol. The van der Waals surface area contributed by atoms with Crippen LogP contribution in [0.4, 0.5) is 4.79 Å². The maximum atomic E-state index is 12.3. The minimum absolute atomic E-state index is 0.0455.